The van der Waals surface area contributed by atoms with Gasteiger partial charge in [-0.05, 0) is 23.8 Å². The zero-order valence-electron chi connectivity index (χ0n) is 8.74. The molecular weight excluding hydrogens is 295 g/mol. The second-order valence-corrected chi connectivity index (χ2v) is 5.80. The van der Waals surface area contributed by atoms with Crippen molar-refractivity contribution in [2.75, 3.05) is 0 Å². The van der Waals surface area contributed by atoms with Crippen LogP contribution in [0.25, 0.3) is 0 Å². The number of hydrogen-bond acceptors (Lipinski definition) is 2. The smallest absolute Gasteiger partial charge is 0.304 e. The van der Waals surface area contributed by atoms with E-state index in [9.17, 15) is 9.18 Å². The Bertz CT molecular complexity index is 384. The Kier molecular flexibility index (Phi) is 5.28. The number of benzene rings is 1. The van der Waals surface area contributed by atoms with Gasteiger partial charge in [-0.1, -0.05) is 22.9 Å². The Balaban J connectivity index is 2.54. The van der Waals surface area contributed by atoms with E-state index in [2.05, 4.69) is 15.9 Å². The van der Waals surface area contributed by atoms with Gasteiger partial charge in [-0.15, -0.1) is 0 Å². The van der Waals surface area contributed by atoms with Crippen LogP contribution >= 0.6 is 27.7 Å². The van der Waals surface area contributed by atoms with Crippen LogP contribution in [0.1, 0.15) is 18.9 Å². The molecule has 0 saturated heterocycles. The summed E-state index contributed by atoms with van der Waals surface area (Å²) in [5, 5.41) is 8.57. The summed E-state index contributed by atoms with van der Waals surface area (Å²) in [5.41, 5.74) is 0.594. The molecule has 0 heterocycles. The van der Waals surface area contributed by atoms with Crippen molar-refractivity contribution >= 4 is 33.7 Å². The minimum absolute atomic E-state index is 0.0177. The molecule has 0 radical (unpaired) electrons. The van der Waals surface area contributed by atoms with E-state index in [4.69, 9.17) is 5.11 Å². The van der Waals surface area contributed by atoms with Crippen LogP contribution in [0.4, 0.5) is 4.39 Å². The minimum Gasteiger partial charge on any atom is -0.481 e. The summed E-state index contributed by atoms with van der Waals surface area (Å²) in [5.74, 6) is -0.590. The van der Waals surface area contributed by atoms with Gasteiger partial charge in [-0.3, -0.25) is 4.79 Å². The summed E-state index contributed by atoms with van der Waals surface area (Å²) in [7, 11) is 0. The van der Waals surface area contributed by atoms with Crippen LogP contribution < -0.4 is 0 Å². The molecule has 0 aliphatic heterocycles. The van der Waals surface area contributed by atoms with Crippen molar-refractivity contribution in [3.05, 3.63) is 34.1 Å². The van der Waals surface area contributed by atoms with Crippen molar-refractivity contribution in [2.24, 2.45) is 0 Å². The van der Waals surface area contributed by atoms with Gasteiger partial charge in [0.15, 0.2) is 0 Å². The number of rotatable bonds is 5. The summed E-state index contributed by atoms with van der Waals surface area (Å²) in [6, 6.07) is 4.77. The number of hydrogen-bond donors (Lipinski definition) is 1. The zero-order chi connectivity index (χ0) is 12.1. The molecule has 1 N–H and O–H groups in total. The summed E-state index contributed by atoms with van der Waals surface area (Å²) >= 11 is 4.71. The first-order valence-electron chi connectivity index (χ1n) is 4.76. The average Bonchev–Trinajstić information content (AvgIpc) is 2.18. The fourth-order valence-corrected chi connectivity index (χ4v) is 2.55. The van der Waals surface area contributed by atoms with E-state index in [0.29, 0.717) is 11.3 Å². The number of aliphatic carboxylic acids is 1. The summed E-state index contributed by atoms with van der Waals surface area (Å²) in [4.78, 5) is 10.4. The van der Waals surface area contributed by atoms with Crippen LogP contribution in [0.3, 0.4) is 0 Å². The number of carboxylic acids is 1. The predicted molar refractivity (Wildman–Crippen MR) is 67.1 cm³/mol. The molecule has 1 atom stereocenters. The Morgan fingerprint density at radius 2 is 2.31 bits per heavy atom. The highest BCUT2D eigenvalue weighted by Crippen LogP contribution is 2.24. The molecule has 0 aliphatic carbocycles. The maximum Gasteiger partial charge on any atom is 0.304 e. The van der Waals surface area contributed by atoms with Crippen LogP contribution in [-0.2, 0) is 10.5 Å². The topological polar surface area (TPSA) is 37.3 Å². The molecule has 88 valence electrons. The van der Waals surface area contributed by atoms with Gasteiger partial charge in [0.2, 0.25) is 0 Å². The van der Waals surface area contributed by atoms with Crippen molar-refractivity contribution < 1.29 is 14.3 Å². The van der Waals surface area contributed by atoms with E-state index in [1.54, 1.807) is 12.1 Å². The van der Waals surface area contributed by atoms with Crippen molar-refractivity contribution in [3.8, 4) is 0 Å². The molecule has 0 fully saturated rings. The Hall–Kier alpha value is -0.550. The molecule has 1 aromatic rings. The molecule has 0 amide bonds. The largest absolute Gasteiger partial charge is 0.481 e. The lowest BCUT2D eigenvalue weighted by atomic mass is 10.2. The molecule has 5 heteroatoms. The van der Waals surface area contributed by atoms with E-state index in [0.717, 1.165) is 4.47 Å². The lowest BCUT2D eigenvalue weighted by Gasteiger charge is -2.09. The van der Waals surface area contributed by atoms with E-state index in [1.165, 1.54) is 17.8 Å². The van der Waals surface area contributed by atoms with Crippen molar-refractivity contribution in [3.63, 3.8) is 0 Å². The van der Waals surface area contributed by atoms with E-state index in [1.807, 2.05) is 6.92 Å². The fraction of sp³-hybridized carbons (Fsp3) is 0.364. The molecule has 1 aromatic carbocycles. The molecule has 0 aromatic heterocycles. The third kappa shape index (κ3) is 4.53. The average molecular weight is 307 g/mol. The lowest BCUT2D eigenvalue weighted by molar-refractivity contribution is -0.136. The summed E-state index contributed by atoms with van der Waals surface area (Å²) in [6.07, 6.45) is 0.0975. The van der Waals surface area contributed by atoms with Crippen molar-refractivity contribution in [1.29, 1.82) is 0 Å². The quantitative estimate of drug-likeness (QED) is 0.901. The molecule has 16 heavy (non-hydrogen) atoms. The molecular formula is C11H12BrFO2S. The number of thioether (sulfide) groups is 1. The van der Waals surface area contributed by atoms with Gasteiger partial charge in [0.05, 0.1) is 6.42 Å². The molecule has 0 aliphatic rings. The molecule has 0 spiro atoms. The number of halogens is 2. The molecule has 1 rings (SSSR count). The lowest BCUT2D eigenvalue weighted by Crippen LogP contribution is -2.06. The van der Waals surface area contributed by atoms with Gasteiger partial charge < -0.3 is 5.11 Å². The van der Waals surface area contributed by atoms with Crippen molar-refractivity contribution in [1.82, 2.24) is 0 Å². The number of carboxylic acid groups (broad SMARTS) is 1. The van der Waals surface area contributed by atoms with Gasteiger partial charge in [0.1, 0.15) is 5.82 Å². The SMILES string of the molecule is CC(CC(=O)O)SCc1cc(Br)ccc1F. The standard InChI is InChI=1S/C11H12BrFO2S/c1-7(4-11(14)15)16-6-8-5-9(12)2-3-10(8)13/h2-3,5,7H,4,6H2,1H3,(H,14,15). The van der Waals surface area contributed by atoms with Crippen LogP contribution in [0.15, 0.2) is 22.7 Å². The highest BCUT2D eigenvalue weighted by molar-refractivity contribution is 9.10. The first-order chi connectivity index (χ1) is 7.49. The van der Waals surface area contributed by atoms with Crippen molar-refractivity contribution in [2.45, 2.75) is 24.3 Å². The minimum atomic E-state index is -0.824. The Morgan fingerprint density at radius 3 is 2.94 bits per heavy atom. The van der Waals surface area contributed by atoms with Gasteiger partial charge in [0.25, 0.3) is 0 Å². The molecule has 1 unspecified atom stereocenters. The Morgan fingerprint density at radius 1 is 1.62 bits per heavy atom. The molecule has 0 saturated carbocycles. The normalized spacial score (nSPS) is 12.4. The van der Waals surface area contributed by atoms with E-state index < -0.39 is 5.97 Å². The zero-order valence-corrected chi connectivity index (χ0v) is 11.1. The van der Waals surface area contributed by atoms with Gasteiger partial charge >= 0.3 is 5.97 Å². The van der Waals surface area contributed by atoms with Crippen LogP contribution in [-0.4, -0.2) is 16.3 Å². The molecule has 0 bridgehead atoms. The highest BCUT2D eigenvalue weighted by atomic mass is 79.9. The fourth-order valence-electron chi connectivity index (χ4n) is 1.19. The monoisotopic (exact) mass is 306 g/mol. The first-order valence-corrected chi connectivity index (χ1v) is 6.60. The maximum absolute atomic E-state index is 13.3. The second-order valence-electron chi connectivity index (χ2n) is 3.46. The third-order valence-electron chi connectivity index (χ3n) is 1.99. The summed E-state index contributed by atoms with van der Waals surface area (Å²) < 4.78 is 14.2. The predicted octanol–water partition coefficient (Wildman–Crippen LogP) is 3.68. The first kappa shape index (κ1) is 13.5. The third-order valence-corrected chi connectivity index (χ3v) is 3.70. The number of carbonyl (C=O) groups is 1. The van der Waals surface area contributed by atoms with Crippen LogP contribution in [0.5, 0.6) is 0 Å². The Labute approximate surface area is 106 Å². The summed E-state index contributed by atoms with van der Waals surface area (Å²) in [6.45, 7) is 1.83. The van der Waals surface area contributed by atoms with Gasteiger partial charge in [-0.25, -0.2) is 4.39 Å². The second kappa shape index (κ2) is 6.25. The van der Waals surface area contributed by atoms with Crippen LogP contribution in [0, 0.1) is 5.82 Å². The maximum atomic E-state index is 13.3. The molecule has 2 nitrogen and oxygen atoms in total. The highest BCUT2D eigenvalue weighted by Gasteiger charge is 2.10. The van der Waals surface area contributed by atoms with Gasteiger partial charge in [-0.2, -0.15) is 11.8 Å². The van der Waals surface area contributed by atoms with E-state index in [-0.39, 0.29) is 17.5 Å². The van der Waals surface area contributed by atoms with Gasteiger partial charge in [0, 0.05) is 15.5 Å². The van der Waals surface area contributed by atoms with Crippen LogP contribution in [0.2, 0.25) is 0 Å². The van der Waals surface area contributed by atoms with E-state index >= 15 is 0 Å².